The van der Waals surface area contributed by atoms with E-state index in [2.05, 4.69) is 5.32 Å². The van der Waals surface area contributed by atoms with E-state index >= 15 is 0 Å². The van der Waals surface area contributed by atoms with Crippen molar-refractivity contribution in [3.8, 4) is 0 Å². The van der Waals surface area contributed by atoms with E-state index in [4.69, 9.17) is 15.6 Å². The molecule has 1 fully saturated rings. The highest BCUT2D eigenvalue weighted by atomic mass is 16.5. The van der Waals surface area contributed by atoms with Gasteiger partial charge in [-0.2, -0.15) is 0 Å². The monoisotopic (exact) mass is 278 g/mol. The first kappa shape index (κ1) is 14.7. The maximum atomic E-state index is 11.1. The Balaban J connectivity index is 1.83. The molecule has 1 saturated carbocycles. The summed E-state index contributed by atoms with van der Waals surface area (Å²) in [5, 5.41) is 12.2. The summed E-state index contributed by atoms with van der Waals surface area (Å²) in [5.41, 5.74) is 6.94. The molecule has 5 nitrogen and oxygen atoms in total. The molecule has 0 atom stereocenters. The Hall–Kier alpha value is -1.75. The van der Waals surface area contributed by atoms with Crippen LogP contribution in [0.3, 0.4) is 0 Å². The van der Waals surface area contributed by atoms with Crippen molar-refractivity contribution in [2.45, 2.75) is 38.2 Å². The summed E-state index contributed by atoms with van der Waals surface area (Å²) < 4.78 is 5.79. The fraction of sp³-hybridized carbons (Fsp3) is 0.533. The molecule has 1 aliphatic carbocycles. The fourth-order valence-electron chi connectivity index (χ4n) is 2.58. The van der Waals surface area contributed by atoms with Crippen molar-refractivity contribution in [2.24, 2.45) is 0 Å². The lowest BCUT2D eigenvalue weighted by atomic mass is 9.98. The van der Waals surface area contributed by atoms with Gasteiger partial charge in [0.15, 0.2) is 0 Å². The fourth-order valence-corrected chi connectivity index (χ4v) is 2.58. The molecule has 110 valence electrons. The molecule has 0 unspecified atom stereocenters. The molecule has 0 heterocycles. The van der Waals surface area contributed by atoms with Crippen LogP contribution in [0.1, 0.15) is 42.5 Å². The second-order valence-electron chi connectivity index (χ2n) is 5.13. The molecule has 2 rings (SSSR count). The van der Waals surface area contributed by atoms with Gasteiger partial charge in [-0.25, -0.2) is 4.79 Å². The number of nitrogen functional groups attached to an aromatic ring is 1. The Kier molecular flexibility index (Phi) is 5.24. The van der Waals surface area contributed by atoms with Crippen LogP contribution in [0, 0.1) is 0 Å². The Labute approximate surface area is 119 Å². The van der Waals surface area contributed by atoms with Crippen LogP contribution >= 0.6 is 0 Å². The van der Waals surface area contributed by atoms with Crippen LogP contribution in [0.4, 0.5) is 11.4 Å². The zero-order valence-corrected chi connectivity index (χ0v) is 11.6. The molecule has 0 radical (unpaired) electrons. The highest BCUT2D eigenvalue weighted by molar-refractivity contribution is 5.97. The molecule has 0 aromatic heterocycles. The number of hydrogen-bond acceptors (Lipinski definition) is 4. The number of benzene rings is 1. The number of nitrogens with one attached hydrogen (secondary N) is 1. The summed E-state index contributed by atoms with van der Waals surface area (Å²) in [4.78, 5) is 11.1. The molecule has 5 heteroatoms. The number of aromatic carboxylic acids is 1. The van der Waals surface area contributed by atoms with Crippen molar-refractivity contribution in [2.75, 3.05) is 24.2 Å². The quantitative estimate of drug-likeness (QED) is 0.550. The number of ether oxygens (including phenoxy) is 1. The number of anilines is 2. The van der Waals surface area contributed by atoms with Gasteiger partial charge in [-0.3, -0.25) is 0 Å². The number of carboxylic acids is 1. The molecular formula is C15H22N2O3. The third kappa shape index (κ3) is 3.87. The average molecular weight is 278 g/mol. The number of carbonyl (C=O) groups is 1. The van der Waals surface area contributed by atoms with E-state index in [1.54, 1.807) is 18.2 Å². The summed E-state index contributed by atoms with van der Waals surface area (Å²) in [6.45, 7) is 1.13. The first-order valence-corrected chi connectivity index (χ1v) is 7.15. The predicted octanol–water partition coefficient (Wildman–Crippen LogP) is 2.73. The Morgan fingerprint density at radius 2 is 2.10 bits per heavy atom. The Morgan fingerprint density at radius 1 is 1.35 bits per heavy atom. The average Bonchev–Trinajstić information content (AvgIpc) is 2.45. The number of nitrogens with two attached hydrogens (primary N) is 1. The predicted molar refractivity (Wildman–Crippen MR) is 79.1 cm³/mol. The van der Waals surface area contributed by atoms with Gasteiger partial charge in [0, 0.05) is 6.54 Å². The van der Waals surface area contributed by atoms with Crippen molar-refractivity contribution in [3.05, 3.63) is 23.8 Å². The van der Waals surface area contributed by atoms with E-state index in [9.17, 15) is 4.79 Å². The highest BCUT2D eigenvalue weighted by Crippen LogP contribution is 2.23. The second-order valence-corrected chi connectivity index (χ2v) is 5.13. The van der Waals surface area contributed by atoms with E-state index in [0.29, 0.717) is 30.6 Å². The minimum absolute atomic E-state index is 0.197. The molecule has 1 aliphatic rings. The second kappa shape index (κ2) is 7.14. The third-order valence-electron chi connectivity index (χ3n) is 3.64. The van der Waals surface area contributed by atoms with E-state index in [0.717, 1.165) is 12.8 Å². The van der Waals surface area contributed by atoms with Crippen LogP contribution in [0.5, 0.6) is 0 Å². The number of hydrogen-bond donors (Lipinski definition) is 3. The molecule has 20 heavy (non-hydrogen) atoms. The minimum atomic E-state index is -0.979. The van der Waals surface area contributed by atoms with Crippen LogP contribution in [-0.2, 0) is 4.74 Å². The highest BCUT2D eigenvalue weighted by Gasteiger charge is 2.14. The van der Waals surface area contributed by atoms with Crippen molar-refractivity contribution < 1.29 is 14.6 Å². The molecule has 0 bridgehead atoms. The first-order valence-electron chi connectivity index (χ1n) is 7.15. The third-order valence-corrected chi connectivity index (χ3v) is 3.64. The van der Waals surface area contributed by atoms with Gasteiger partial charge in [0.25, 0.3) is 0 Å². The SMILES string of the molecule is Nc1cccc(C(=O)O)c1NCCOC1CCCCC1. The number of rotatable bonds is 6. The maximum Gasteiger partial charge on any atom is 0.337 e. The molecule has 4 N–H and O–H groups in total. The maximum absolute atomic E-state index is 11.1. The van der Waals surface area contributed by atoms with E-state index in [-0.39, 0.29) is 5.56 Å². The Morgan fingerprint density at radius 3 is 2.80 bits per heavy atom. The topological polar surface area (TPSA) is 84.6 Å². The van der Waals surface area contributed by atoms with Gasteiger partial charge < -0.3 is 20.9 Å². The lowest BCUT2D eigenvalue weighted by Gasteiger charge is -2.22. The van der Waals surface area contributed by atoms with Gasteiger partial charge >= 0.3 is 5.97 Å². The van der Waals surface area contributed by atoms with Crippen LogP contribution in [0.2, 0.25) is 0 Å². The number of para-hydroxylation sites is 1. The van der Waals surface area contributed by atoms with Crippen molar-refractivity contribution in [1.29, 1.82) is 0 Å². The summed E-state index contributed by atoms with van der Waals surface area (Å²) in [7, 11) is 0. The molecule has 0 aliphatic heterocycles. The normalized spacial score (nSPS) is 16.0. The van der Waals surface area contributed by atoms with Crippen LogP contribution in [-0.4, -0.2) is 30.3 Å². The van der Waals surface area contributed by atoms with Crippen LogP contribution in [0.15, 0.2) is 18.2 Å². The standard InChI is InChI=1S/C15H22N2O3/c16-13-8-4-7-12(15(18)19)14(13)17-9-10-20-11-5-2-1-3-6-11/h4,7-8,11,17H,1-3,5-6,9-10,16H2,(H,18,19). The minimum Gasteiger partial charge on any atom is -0.478 e. The summed E-state index contributed by atoms with van der Waals surface area (Å²) in [6.07, 6.45) is 6.42. The van der Waals surface area contributed by atoms with Gasteiger partial charge in [0.2, 0.25) is 0 Å². The molecule has 0 saturated heterocycles. The summed E-state index contributed by atoms with van der Waals surface area (Å²) in [6, 6.07) is 4.88. The molecule has 1 aromatic carbocycles. The molecule has 0 spiro atoms. The Bertz CT molecular complexity index is 456. The van der Waals surface area contributed by atoms with E-state index in [1.165, 1.54) is 19.3 Å². The van der Waals surface area contributed by atoms with E-state index in [1.807, 2.05) is 0 Å². The van der Waals surface area contributed by atoms with Gasteiger partial charge in [-0.05, 0) is 25.0 Å². The smallest absolute Gasteiger partial charge is 0.337 e. The first-order chi connectivity index (χ1) is 9.68. The molecule has 0 amide bonds. The zero-order chi connectivity index (χ0) is 14.4. The van der Waals surface area contributed by atoms with Gasteiger partial charge in [-0.1, -0.05) is 25.3 Å². The van der Waals surface area contributed by atoms with Crippen LogP contribution < -0.4 is 11.1 Å². The summed E-state index contributed by atoms with van der Waals surface area (Å²) in [5.74, 6) is -0.979. The zero-order valence-electron chi connectivity index (χ0n) is 11.6. The van der Waals surface area contributed by atoms with E-state index < -0.39 is 5.97 Å². The molecule has 1 aromatic rings. The number of carboxylic acid groups (broad SMARTS) is 1. The summed E-state index contributed by atoms with van der Waals surface area (Å²) >= 11 is 0. The van der Waals surface area contributed by atoms with Crippen LogP contribution in [0.25, 0.3) is 0 Å². The van der Waals surface area contributed by atoms with Crippen molar-refractivity contribution in [3.63, 3.8) is 0 Å². The van der Waals surface area contributed by atoms with Crippen molar-refractivity contribution >= 4 is 17.3 Å². The van der Waals surface area contributed by atoms with Gasteiger partial charge in [0.1, 0.15) is 0 Å². The molecular weight excluding hydrogens is 256 g/mol. The lowest BCUT2D eigenvalue weighted by Crippen LogP contribution is -2.21. The van der Waals surface area contributed by atoms with Crippen molar-refractivity contribution in [1.82, 2.24) is 0 Å². The van der Waals surface area contributed by atoms with Gasteiger partial charge in [-0.15, -0.1) is 0 Å². The largest absolute Gasteiger partial charge is 0.478 e. The lowest BCUT2D eigenvalue weighted by molar-refractivity contribution is 0.0347. The van der Waals surface area contributed by atoms with Gasteiger partial charge in [0.05, 0.1) is 29.6 Å².